The lowest BCUT2D eigenvalue weighted by atomic mass is 10.1. The highest BCUT2D eigenvalue weighted by Crippen LogP contribution is 2.29. The van der Waals surface area contributed by atoms with E-state index in [-0.39, 0.29) is 24.1 Å². The van der Waals surface area contributed by atoms with E-state index >= 15 is 0 Å². The molecule has 20 heavy (non-hydrogen) atoms. The zero-order chi connectivity index (χ0) is 15.4. The first kappa shape index (κ1) is 17.1. The van der Waals surface area contributed by atoms with Crippen LogP contribution in [0, 0.1) is 0 Å². The van der Waals surface area contributed by atoms with Gasteiger partial charge in [-0.25, -0.2) is 0 Å². The van der Waals surface area contributed by atoms with Gasteiger partial charge in [0.05, 0.1) is 17.5 Å². The summed E-state index contributed by atoms with van der Waals surface area (Å²) in [5.74, 6) is -0.0432. The summed E-state index contributed by atoms with van der Waals surface area (Å²) in [4.78, 5) is 11.8. The topological polar surface area (TPSA) is 29.1 Å². The van der Waals surface area contributed by atoms with Crippen LogP contribution in [0.2, 0.25) is 0 Å². The molecule has 1 aromatic carbocycles. The molecule has 0 fully saturated rings. The fraction of sp³-hybridized carbons (Fsp3) is 0.462. The maximum atomic E-state index is 12.4. The minimum absolute atomic E-state index is 0.0263. The molecule has 1 N–H and O–H groups in total. The van der Waals surface area contributed by atoms with Crippen molar-refractivity contribution in [2.75, 3.05) is 11.8 Å². The van der Waals surface area contributed by atoms with Crippen LogP contribution in [0.3, 0.4) is 0 Å². The van der Waals surface area contributed by atoms with E-state index in [2.05, 4.69) is 5.32 Å². The van der Waals surface area contributed by atoms with Crippen molar-refractivity contribution in [2.45, 2.75) is 25.1 Å². The maximum absolute atomic E-state index is 12.4. The van der Waals surface area contributed by atoms with E-state index in [1.165, 1.54) is 12.1 Å². The number of alkyl halides is 5. The fourth-order valence-corrected chi connectivity index (χ4v) is 1.90. The van der Waals surface area contributed by atoms with E-state index in [1.807, 2.05) is 0 Å². The zero-order valence-electron chi connectivity index (χ0n) is 10.7. The number of nitrogens with one attached hydrogen (secondary N) is 1. The van der Waals surface area contributed by atoms with Crippen molar-refractivity contribution < 1.29 is 18.0 Å². The number of benzene rings is 1. The Kier molecular flexibility index (Phi) is 5.71. The van der Waals surface area contributed by atoms with Gasteiger partial charge < -0.3 is 5.32 Å². The van der Waals surface area contributed by atoms with Gasteiger partial charge in [-0.1, -0.05) is 12.1 Å². The van der Waals surface area contributed by atoms with Crippen LogP contribution in [0.5, 0.6) is 0 Å². The smallest absolute Gasteiger partial charge is 0.348 e. The third kappa shape index (κ3) is 4.87. The monoisotopic (exact) mass is 327 g/mol. The van der Waals surface area contributed by atoms with Crippen LogP contribution < -0.4 is 5.32 Å². The SMILES string of the molecule is CC(CCl)(CCl)NC(=O)Cc1ccc(C(F)(F)F)cc1. The molecule has 0 aliphatic heterocycles. The molecule has 0 unspecified atom stereocenters. The molecule has 0 aromatic heterocycles. The zero-order valence-corrected chi connectivity index (χ0v) is 12.2. The van der Waals surface area contributed by atoms with Crippen molar-refractivity contribution in [1.82, 2.24) is 5.32 Å². The number of amides is 1. The Morgan fingerprint density at radius 3 is 2.05 bits per heavy atom. The van der Waals surface area contributed by atoms with Gasteiger partial charge in [-0.3, -0.25) is 4.79 Å². The quantitative estimate of drug-likeness (QED) is 0.822. The molecule has 2 nitrogen and oxygen atoms in total. The van der Waals surface area contributed by atoms with E-state index in [1.54, 1.807) is 6.92 Å². The van der Waals surface area contributed by atoms with Crippen LogP contribution in [-0.2, 0) is 17.4 Å². The minimum Gasteiger partial charge on any atom is -0.348 e. The molecular weight excluding hydrogens is 314 g/mol. The highest BCUT2D eigenvalue weighted by molar-refractivity contribution is 6.22. The number of rotatable bonds is 5. The largest absolute Gasteiger partial charge is 0.416 e. The molecule has 0 heterocycles. The van der Waals surface area contributed by atoms with Crippen molar-refractivity contribution in [3.05, 3.63) is 35.4 Å². The Bertz CT molecular complexity index is 456. The third-order valence-corrected chi connectivity index (χ3v) is 3.86. The number of hydrogen-bond donors (Lipinski definition) is 1. The Hall–Kier alpha value is -0.940. The molecule has 1 aromatic rings. The Labute approximate surface area is 125 Å². The molecule has 0 aliphatic carbocycles. The average molecular weight is 328 g/mol. The molecule has 0 atom stereocenters. The van der Waals surface area contributed by atoms with E-state index in [9.17, 15) is 18.0 Å². The molecule has 7 heteroatoms. The van der Waals surface area contributed by atoms with Crippen molar-refractivity contribution >= 4 is 29.1 Å². The van der Waals surface area contributed by atoms with Gasteiger partial charge in [0.1, 0.15) is 0 Å². The second-order valence-corrected chi connectivity index (χ2v) is 5.28. The first-order chi connectivity index (χ1) is 9.20. The summed E-state index contributed by atoms with van der Waals surface area (Å²) in [6, 6.07) is 4.46. The van der Waals surface area contributed by atoms with Crippen LogP contribution in [0.4, 0.5) is 13.2 Å². The van der Waals surface area contributed by atoms with Crippen LogP contribution in [-0.4, -0.2) is 23.2 Å². The number of halogens is 5. The van der Waals surface area contributed by atoms with Crippen LogP contribution >= 0.6 is 23.2 Å². The van der Waals surface area contributed by atoms with Gasteiger partial charge in [0, 0.05) is 11.8 Å². The fourth-order valence-electron chi connectivity index (χ4n) is 1.48. The van der Waals surface area contributed by atoms with Crippen LogP contribution in [0.25, 0.3) is 0 Å². The molecular formula is C13H14Cl2F3NO. The summed E-state index contributed by atoms with van der Waals surface area (Å²) in [5, 5.41) is 2.66. The lowest BCUT2D eigenvalue weighted by Crippen LogP contribution is -2.49. The van der Waals surface area contributed by atoms with Gasteiger partial charge >= 0.3 is 6.18 Å². The van der Waals surface area contributed by atoms with Gasteiger partial charge in [-0.15, -0.1) is 23.2 Å². The molecule has 0 aliphatic rings. The predicted octanol–water partition coefficient (Wildman–Crippen LogP) is 3.60. The van der Waals surface area contributed by atoms with E-state index in [4.69, 9.17) is 23.2 Å². The van der Waals surface area contributed by atoms with Crippen molar-refractivity contribution in [3.8, 4) is 0 Å². The van der Waals surface area contributed by atoms with E-state index in [0.29, 0.717) is 5.56 Å². The Balaban J connectivity index is 2.68. The first-order valence-electron chi connectivity index (χ1n) is 5.79. The summed E-state index contributed by atoms with van der Waals surface area (Å²) >= 11 is 11.4. The summed E-state index contributed by atoms with van der Waals surface area (Å²) in [5.41, 5.74) is -0.985. The van der Waals surface area contributed by atoms with Gasteiger partial charge in [0.2, 0.25) is 5.91 Å². The van der Waals surface area contributed by atoms with Crippen LogP contribution in [0.1, 0.15) is 18.1 Å². The van der Waals surface area contributed by atoms with Crippen molar-refractivity contribution in [3.63, 3.8) is 0 Å². The van der Waals surface area contributed by atoms with E-state index < -0.39 is 17.3 Å². The number of carbonyl (C=O) groups excluding carboxylic acids is 1. The highest BCUT2D eigenvalue weighted by Gasteiger charge is 2.30. The van der Waals surface area contributed by atoms with Gasteiger partial charge in [-0.2, -0.15) is 13.2 Å². The number of hydrogen-bond acceptors (Lipinski definition) is 1. The molecule has 112 valence electrons. The standard InChI is InChI=1S/C13H14Cl2F3NO/c1-12(7-14,8-15)19-11(20)6-9-2-4-10(5-3-9)13(16,17)18/h2-5H,6-8H2,1H3,(H,19,20). The average Bonchev–Trinajstić information content (AvgIpc) is 2.38. The second-order valence-electron chi connectivity index (χ2n) is 4.75. The van der Waals surface area contributed by atoms with E-state index in [0.717, 1.165) is 12.1 Å². The lowest BCUT2D eigenvalue weighted by molar-refractivity contribution is -0.137. The summed E-state index contributed by atoms with van der Waals surface area (Å²) in [7, 11) is 0. The molecule has 0 spiro atoms. The molecule has 1 amide bonds. The summed E-state index contributed by atoms with van der Waals surface area (Å²) < 4.78 is 37.2. The van der Waals surface area contributed by atoms with Gasteiger partial charge in [0.25, 0.3) is 0 Å². The van der Waals surface area contributed by atoms with Crippen molar-refractivity contribution in [2.24, 2.45) is 0 Å². The van der Waals surface area contributed by atoms with Crippen LogP contribution in [0.15, 0.2) is 24.3 Å². The lowest BCUT2D eigenvalue weighted by Gasteiger charge is -2.25. The van der Waals surface area contributed by atoms with Crippen molar-refractivity contribution in [1.29, 1.82) is 0 Å². The first-order valence-corrected chi connectivity index (χ1v) is 6.86. The number of carbonyl (C=O) groups is 1. The third-order valence-electron chi connectivity index (χ3n) is 2.68. The Morgan fingerprint density at radius 1 is 1.15 bits per heavy atom. The van der Waals surface area contributed by atoms with Gasteiger partial charge in [-0.05, 0) is 24.6 Å². The second kappa shape index (κ2) is 6.68. The molecule has 0 radical (unpaired) electrons. The molecule has 1 rings (SSSR count). The normalized spacial score (nSPS) is 12.3. The summed E-state index contributed by atoms with van der Waals surface area (Å²) in [6.45, 7) is 1.69. The predicted molar refractivity (Wildman–Crippen MR) is 73.1 cm³/mol. The summed E-state index contributed by atoms with van der Waals surface area (Å²) in [6.07, 6.45) is -4.40. The highest BCUT2D eigenvalue weighted by atomic mass is 35.5. The maximum Gasteiger partial charge on any atom is 0.416 e. The van der Waals surface area contributed by atoms with Gasteiger partial charge in [0.15, 0.2) is 0 Å². The Morgan fingerprint density at radius 2 is 1.65 bits per heavy atom. The molecule has 0 saturated carbocycles. The minimum atomic E-state index is -4.38. The molecule has 0 bridgehead atoms. The molecule has 0 saturated heterocycles.